The van der Waals surface area contributed by atoms with E-state index in [-0.39, 0.29) is 6.54 Å². The lowest BCUT2D eigenvalue weighted by molar-refractivity contribution is 0.193. The number of benzene rings is 2. The van der Waals surface area contributed by atoms with Crippen molar-refractivity contribution in [2.75, 3.05) is 11.6 Å². The van der Waals surface area contributed by atoms with Gasteiger partial charge in [-0.05, 0) is 17.7 Å². The molecule has 0 aliphatic rings. The summed E-state index contributed by atoms with van der Waals surface area (Å²) in [5.74, 6) is 0.462. The first-order valence-corrected chi connectivity index (χ1v) is 8.08. The van der Waals surface area contributed by atoms with E-state index in [9.17, 15) is 4.79 Å². The molecule has 2 aromatic rings. The number of nitrogens with one attached hydrogen (secondary N) is 1. The monoisotopic (exact) mass is 388 g/mol. The molecule has 0 fully saturated rings. The molecular weight excluding hydrogens is 375 g/mol. The van der Waals surface area contributed by atoms with Gasteiger partial charge in [0.25, 0.3) is 0 Å². The molecule has 0 saturated heterocycles. The number of anilines is 1. The lowest BCUT2D eigenvalue weighted by Gasteiger charge is -2.28. The molecule has 0 heterocycles. The van der Waals surface area contributed by atoms with Gasteiger partial charge in [-0.2, -0.15) is 0 Å². The van der Waals surface area contributed by atoms with E-state index in [2.05, 4.69) is 5.43 Å². The van der Waals surface area contributed by atoms with E-state index in [1.165, 1.54) is 5.01 Å². The number of hydrazine groups is 1. The summed E-state index contributed by atoms with van der Waals surface area (Å²) in [6.45, 7) is 0.141. The molecule has 5 nitrogen and oxygen atoms in total. The largest absolute Gasteiger partial charge is 0.487 e. The van der Waals surface area contributed by atoms with Gasteiger partial charge in [0, 0.05) is 0 Å². The van der Waals surface area contributed by atoms with E-state index in [0.29, 0.717) is 18.0 Å². The maximum absolute atomic E-state index is 11.0. The Morgan fingerprint density at radius 3 is 2.33 bits per heavy atom. The number of ether oxygens (including phenoxy) is 1. The number of halogens is 3. The van der Waals surface area contributed by atoms with Crippen molar-refractivity contribution in [2.45, 2.75) is 10.4 Å². The van der Waals surface area contributed by atoms with E-state index < -0.39 is 9.89 Å². The number of hydrogen-bond donors (Lipinski definition) is 2. The highest BCUT2D eigenvalue weighted by atomic mass is 35.6. The van der Waals surface area contributed by atoms with Crippen LogP contribution in [0, 0.1) is 0 Å². The molecule has 2 rings (SSSR count). The van der Waals surface area contributed by atoms with Crippen molar-refractivity contribution in [3.63, 3.8) is 0 Å². The third-order valence-electron chi connectivity index (χ3n) is 2.96. The summed E-state index contributed by atoms with van der Waals surface area (Å²) in [6.07, 6.45) is -1.28. The van der Waals surface area contributed by atoms with Crippen LogP contribution in [-0.2, 0) is 6.61 Å². The van der Waals surface area contributed by atoms with Crippen LogP contribution >= 0.6 is 34.8 Å². The minimum atomic E-state index is -1.67. The van der Waals surface area contributed by atoms with Crippen LogP contribution in [0.3, 0.4) is 0 Å². The van der Waals surface area contributed by atoms with Crippen LogP contribution < -0.4 is 15.2 Å². The standard InChI is InChI=1S/C16H15Cl3N2O3/c17-16(18,19)11-21(20-15(22)23)13-8-4-5-9-14(13)24-10-12-6-2-1-3-7-12/h1-9,20H,10-11H2,(H,22,23). The molecule has 0 atom stereocenters. The number of carboxylic acid groups (broad SMARTS) is 1. The first kappa shape index (κ1) is 18.5. The quantitative estimate of drug-likeness (QED) is 0.559. The number of para-hydroxylation sites is 2. The molecule has 0 radical (unpaired) electrons. The fourth-order valence-electron chi connectivity index (χ4n) is 2.02. The topological polar surface area (TPSA) is 61.8 Å². The fraction of sp³-hybridized carbons (Fsp3) is 0.188. The molecule has 0 aliphatic carbocycles. The Morgan fingerprint density at radius 1 is 1.08 bits per heavy atom. The van der Waals surface area contributed by atoms with Gasteiger partial charge in [-0.25, -0.2) is 10.2 Å². The van der Waals surface area contributed by atoms with Crippen molar-refractivity contribution < 1.29 is 14.6 Å². The van der Waals surface area contributed by atoms with Crippen LogP contribution in [0.15, 0.2) is 54.6 Å². The van der Waals surface area contributed by atoms with Gasteiger partial charge in [-0.1, -0.05) is 77.3 Å². The van der Waals surface area contributed by atoms with E-state index in [4.69, 9.17) is 44.6 Å². The fourth-order valence-corrected chi connectivity index (χ4v) is 2.38. The second-order valence-corrected chi connectivity index (χ2v) is 7.38. The molecule has 0 aromatic heterocycles. The maximum atomic E-state index is 11.0. The predicted octanol–water partition coefficient (Wildman–Crippen LogP) is 4.62. The molecule has 0 spiro atoms. The number of nitrogens with zero attached hydrogens (tertiary/aromatic N) is 1. The third-order valence-corrected chi connectivity index (χ3v) is 3.32. The maximum Gasteiger partial charge on any atom is 0.423 e. The number of hydrogen-bond acceptors (Lipinski definition) is 3. The normalized spacial score (nSPS) is 11.0. The summed E-state index contributed by atoms with van der Waals surface area (Å²) in [4.78, 5) is 11.0. The van der Waals surface area contributed by atoms with Crippen molar-refractivity contribution >= 4 is 46.6 Å². The van der Waals surface area contributed by atoms with E-state index in [1.807, 2.05) is 30.3 Å². The number of carbonyl (C=O) groups is 1. The highest BCUT2D eigenvalue weighted by Crippen LogP contribution is 2.33. The number of alkyl halides is 3. The van der Waals surface area contributed by atoms with E-state index in [0.717, 1.165) is 5.56 Å². The van der Waals surface area contributed by atoms with Crippen molar-refractivity contribution in [3.05, 3.63) is 60.2 Å². The Kier molecular flexibility index (Phi) is 6.43. The molecule has 128 valence electrons. The smallest absolute Gasteiger partial charge is 0.423 e. The van der Waals surface area contributed by atoms with Crippen LogP contribution in [0.4, 0.5) is 10.5 Å². The molecule has 8 heteroatoms. The zero-order valence-corrected chi connectivity index (χ0v) is 14.7. The van der Waals surface area contributed by atoms with Crippen molar-refractivity contribution in [1.82, 2.24) is 5.43 Å². The minimum Gasteiger partial charge on any atom is -0.487 e. The van der Waals surface area contributed by atoms with Gasteiger partial charge in [0.1, 0.15) is 12.4 Å². The zero-order valence-electron chi connectivity index (χ0n) is 12.5. The molecular formula is C16H15Cl3N2O3. The summed E-state index contributed by atoms with van der Waals surface area (Å²) in [5.41, 5.74) is 3.63. The lowest BCUT2D eigenvalue weighted by Crippen LogP contribution is -2.46. The average molecular weight is 390 g/mol. The Morgan fingerprint density at radius 2 is 1.71 bits per heavy atom. The Hall–Kier alpha value is -1.82. The van der Waals surface area contributed by atoms with Gasteiger partial charge >= 0.3 is 6.09 Å². The Balaban J connectivity index is 2.22. The second kappa shape index (κ2) is 8.33. The number of rotatable bonds is 6. The Labute approximate surface area is 154 Å². The molecule has 0 unspecified atom stereocenters. The molecule has 2 aromatic carbocycles. The number of amides is 1. The summed E-state index contributed by atoms with van der Waals surface area (Å²) >= 11 is 17.4. The first-order valence-electron chi connectivity index (χ1n) is 6.95. The molecule has 2 N–H and O–H groups in total. The Bertz CT molecular complexity index is 678. The second-order valence-electron chi connectivity index (χ2n) is 4.86. The highest BCUT2D eigenvalue weighted by Gasteiger charge is 2.27. The van der Waals surface area contributed by atoms with Crippen LogP contribution in [-0.4, -0.2) is 21.5 Å². The highest BCUT2D eigenvalue weighted by molar-refractivity contribution is 6.67. The van der Waals surface area contributed by atoms with Crippen molar-refractivity contribution in [2.24, 2.45) is 0 Å². The zero-order chi connectivity index (χ0) is 17.6. The predicted molar refractivity (Wildman–Crippen MR) is 96.0 cm³/mol. The molecule has 1 amide bonds. The van der Waals surface area contributed by atoms with E-state index >= 15 is 0 Å². The molecule has 0 saturated carbocycles. The van der Waals surface area contributed by atoms with Crippen LogP contribution in [0.1, 0.15) is 5.56 Å². The van der Waals surface area contributed by atoms with Gasteiger partial charge < -0.3 is 9.84 Å². The lowest BCUT2D eigenvalue weighted by atomic mass is 10.2. The molecule has 0 bridgehead atoms. The first-order chi connectivity index (χ1) is 11.3. The van der Waals surface area contributed by atoms with Gasteiger partial charge in [-0.3, -0.25) is 5.01 Å². The van der Waals surface area contributed by atoms with E-state index in [1.54, 1.807) is 24.3 Å². The summed E-state index contributed by atoms with van der Waals surface area (Å²) in [5, 5.41) is 10.2. The van der Waals surface area contributed by atoms with Gasteiger partial charge in [-0.15, -0.1) is 0 Å². The third kappa shape index (κ3) is 6.00. The van der Waals surface area contributed by atoms with Crippen LogP contribution in [0.25, 0.3) is 0 Å². The molecule has 0 aliphatic heterocycles. The molecule has 24 heavy (non-hydrogen) atoms. The summed E-state index contributed by atoms with van der Waals surface area (Å²) in [6, 6.07) is 16.5. The SMILES string of the molecule is O=C(O)NN(CC(Cl)(Cl)Cl)c1ccccc1OCc1ccccc1. The minimum absolute atomic E-state index is 0.185. The van der Waals surface area contributed by atoms with Crippen LogP contribution in [0.5, 0.6) is 5.75 Å². The van der Waals surface area contributed by atoms with Gasteiger partial charge in [0.05, 0.1) is 12.2 Å². The van der Waals surface area contributed by atoms with Gasteiger partial charge in [0.15, 0.2) is 0 Å². The van der Waals surface area contributed by atoms with Crippen molar-refractivity contribution in [3.8, 4) is 5.75 Å². The summed E-state index contributed by atoms with van der Waals surface area (Å²) < 4.78 is 4.12. The van der Waals surface area contributed by atoms with Gasteiger partial charge in [0.2, 0.25) is 3.79 Å². The average Bonchev–Trinajstić information content (AvgIpc) is 2.52. The van der Waals surface area contributed by atoms with Crippen LogP contribution in [0.2, 0.25) is 0 Å². The van der Waals surface area contributed by atoms with Crippen molar-refractivity contribution in [1.29, 1.82) is 0 Å². The summed E-state index contributed by atoms with van der Waals surface area (Å²) in [7, 11) is 0.